The third-order valence-electron chi connectivity index (χ3n) is 12.9. The summed E-state index contributed by atoms with van der Waals surface area (Å²) in [5, 5.41) is 0. The lowest BCUT2D eigenvalue weighted by atomic mass is 9.75. The molecule has 0 N–H and O–H groups in total. The van der Waals surface area contributed by atoms with Gasteiger partial charge in [-0.15, -0.1) is 0 Å². The molecule has 296 valence electrons. The summed E-state index contributed by atoms with van der Waals surface area (Å²) >= 11 is 0. The molecule has 62 heavy (non-hydrogen) atoms. The molecule has 7 aromatic carbocycles. The van der Waals surface area contributed by atoms with Crippen molar-refractivity contribution >= 4 is 12.6 Å². The zero-order valence-corrected chi connectivity index (χ0v) is 34.9. The lowest BCUT2D eigenvalue weighted by Crippen LogP contribution is -2.42. The fourth-order valence-electron chi connectivity index (χ4n) is 9.41. The smallest absolute Gasteiger partial charge is 0.399 e. The van der Waals surface area contributed by atoms with Crippen molar-refractivity contribution in [2.75, 3.05) is 0 Å². The van der Waals surface area contributed by atoms with Crippen LogP contribution in [0.1, 0.15) is 26.3 Å². The molecular weight excluding hydrogens is 755 g/mol. The molecule has 1 atom stereocenters. The number of fused-ring (bicyclic) bond motifs is 2. The molecule has 1 saturated heterocycles. The van der Waals surface area contributed by atoms with E-state index in [-0.39, 0.29) is 0 Å². The van der Waals surface area contributed by atoms with Gasteiger partial charge in [0.2, 0.25) is 0 Å². The van der Waals surface area contributed by atoms with Crippen LogP contribution in [-0.4, -0.2) is 22.7 Å². The van der Waals surface area contributed by atoms with Gasteiger partial charge < -0.3 is 9.31 Å². The summed E-state index contributed by atoms with van der Waals surface area (Å²) in [7, 11) is -0.649. The van der Waals surface area contributed by atoms with E-state index in [0.717, 1.165) is 100 Å². The van der Waals surface area contributed by atoms with Gasteiger partial charge in [0.25, 0.3) is 0 Å². The van der Waals surface area contributed by atoms with Crippen LogP contribution in [0, 0.1) is 0 Å². The molecule has 12 rings (SSSR count). The van der Waals surface area contributed by atoms with Crippen LogP contribution in [0.2, 0.25) is 0 Å². The molecule has 3 aliphatic rings. The van der Waals surface area contributed by atoms with Crippen molar-refractivity contribution in [1.29, 1.82) is 0 Å². The Bertz CT molecular complexity index is 3130. The van der Waals surface area contributed by atoms with Crippen molar-refractivity contribution in [1.82, 2.24) is 9.97 Å². The van der Waals surface area contributed by atoms with E-state index < -0.39 is 18.3 Å². The summed E-state index contributed by atoms with van der Waals surface area (Å²) in [6, 6.07) is 68.8. The van der Waals surface area contributed by atoms with Crippen molar-refractivity contribution in [2.45, 2.75) is 32.0 Å². The summed E-state index contributed by atoms with van der Waals surface area (Å²) in [5.74, 6) is 0. The van der Waals surface area contributed by atoms with Gasteiger partial charge in [-0.05, 0) is 106 Å². The van der Waals surface area contributed by atoms with Crippen LogP contribution in [-0.2, 0) is 14.9 Å². The predicted molar refractivity (Wildman–Crippen MR) is 255 cm³/mol. The summed E-state index contributed by atoms with van der Waals surface area (Å²) in [6.45, 7) is 6.44. The molecule has 0 aliphatic carbocycles. The zero-order valence-electron chi connectivity index (χ0n) is 34.9. The minimum atomic E-state index is -0.825. The topological polar surface area (TPSA) is 44.2 Å². The lowest BCUT2D eigenvalue weighted by Gasteiger charge is -2.38. The van der Waals surface area contributed by atoms with Crippen molar-refractivity contribution < 1.29 is 9.31 Å². The Morgan fingerprint density at radius 3 is 1.34 bits per heavy atom. The van der Waals surface area contributed by atoms with Gasteiger partial charge in [-0.25, -0.2) is 0 Å². The molecule has 0 saturated carbocycles. The van der Waals surface area contributed by atoms with E-state index >= 15 is 0 Å². The maximum absolute atomic E-state index is 7.29. The molecule has 2 aromatic heterocycles. The largest absolute Gasteiger partial charge is 0.495 e. The van der Waals surface area contributed by atoms with Crippen LogP contribution < -0.4 is 5.46 Å². The molecule has 0 spiro atoms. The Kier molecular flexibility index (Phi) is 9.19. The Balaban J connectivity index is 1.17. The van der Waals surface area contributed by atoms with Gasteiger partial charge in [-0.1, -0.05) is 176 Å². The Hall–Kier alpha value is -7.18. The average Bonchev–Trinajstić information content (AvgIpc) is 3.59. The van der Waals surface area contributed by atoms with Crippen LogP contribution >= 0.6 is 0 Å². The van der Waals surface area contributed by atoms with Crippen molar-refractivity contribution in [3.05, 3.63) is 212 Å². The SMILES string of the molecule is CC1(C)OB2OC1(C)c1ccccc1-c1cc(-c3ccccc3)c(cn1)-c1ccccc1-c1cc2cc(-c2ccccc2-c2cnc(-c3ccccc3)cc2-c2ccccc2)c1. The first-order valence-corrected chi connectivity index (χ1v) is 21.3. The van der Waals surface area contributed by atoms with Crippen LogP contribution in [0.4, 0.5) is 0 Å². The summed E-state index contributed by atoms with van der Waals surface area (Å²) in [5.41, 5.74) is 17.4. The Morgan fingerprint density at radius 1 is 0.355 bits per heavy atom. The number of pyridine rings is 2. The fourth-order valence-corrected chi connectivity index (χ4v) is 9.41. The van der Waals surface area contributed by atoms with Crippen molar-refractivity contribution in [3.8, 4) is 89.3 Å². The minimum Gasteiger partial charge on any atom is -0.399 e. The van der Waals surface area contributed by atoms with Gasteiger partial charge in [0.1, 0.15) is 5.60 Å². The summed E-state index contributed by atoms with van der Waals surface area (Å²) < 4.78 is 14.4. The van der Waals surface area contributed by atoms with E-state index in [9.17, 15) is 0 Å². The minimum absolute atomic E-state index is 0.649. The molecule has 3 aliphatic heterocycles. The average molecular weight is 799 g/mol. The number of rotatable bonds is 5. The van der Waals surface area contributed by atoms with Gasteiger partial charge in [0.15, 0.2) is 0 Å². The lowest BCUT2D eigenvalue weighted by molar-refractivity contribution is -0.0129. The van der Waals surface area contributed by atoms with Crippen LogP contribution in [0.15, 0.2) is 207 Å². The quantitative estimate of drug-likeness (QED) is 0.163. The molecule has 0 radical (unpaired) electrons. The predicted octanol–water partition coefficient (Wildman–Crippen LogP) is 13.6. The highest BCUT2D eigenvalue weighted by atomic mass is 16.7. The van der Waals surface area contributed by atoms with E-state index in [1.165, 1.54) is 0 Å². The summed E-state index contributed by atoms with van der Waals surface area (Å²) in [6.07, 6.45) is 4.09. The summed E-state index contributed by atoms with van der Waals surface area (Å²) in [4.78, 5) is 10.3. The molecule has 6 bridgehead atoms. The number of benzene rings is 7. The van der Waals surface area contributed by atoms with Crippen LogP contribution in [0.3, 0.4) is 0 Å². The highest BCUT2D eigenvalue weighted by Crippen LogP contribution is 2.50. The maximum Gasteiger partial charge on any atom is 0.495 e. The van der Waals surface area contributed by atoms with Crippen LogP contribution in [0.5, 0.6) is 0 Å². The maximum atomic E-state index is 7.29. The number of hydrogen-bond acceptors (Lipinski definition) is 4. The monoisotopic (exact) mass is 798 g/mol. The second kappa shape index (κ2) is 15.1. The van der Waals surface area contributed by atoms with E-state index in [0.29, 0.717) is 0 Å². The molecule has 5 heteroatoms. The Morgan fingerprint density at radius 2 is 0.790 bits per heavy atom. The number of aromatic nitrogens is 2. The molecule has 1 unspecified atom stereocenters. The van der Waals surface area contributed by atoms with E-state index in [4.69, 9.17) is 19.3 Å². The second-order valence-electron chi connectivity index (χ2n) is 16.9. The second-order valence-corrected chi connectivity index (χ2v) is 16.9. The highest BCUT2D eigenvalue weighted by Gasteiger charge is 2.56. The first kappa shape index (κ1) is 37.8. The third kappa shape index (κ3) is 6.41. The molecule has 9 aromatic rings. The zero-order chi connectivity index (χ0) is 41.8. The molecule has 5 heterocycles. The van der Waals surface area contributed by atoms with E-state index in [2.05, 4.69) is 215 Å². The van der Waals surface area contributed by atoms with Gasteiger partial charge in [-0.3, -0.25) is 9.97 Å². The number of hydrogen-bond donors (Lipinski definition) is 0. The van der Waals surface area contributed by atoms with Crippen molar-refractivity contribution in [3.63, 3.8) is 0 Å². The number of nitrogens with zero attached hydrogens (tertiary/aromatic N) is 2. The van der Waals surface area contributed by atoms with Gasteiger partial charge in [0.05, 0.1) is 17.0 Å². The highest BCUT2D eigenvalue weighted by molar-refractivity contribution is 6.62. The first-order valence-electron chi connectivity index (χ1n) is 21.3. The van der Waals surface area contributed by atoms with Gasteiger partial charge in [0, 0.05) is 34.6 Å². The standard InChI is InChI=1S/C57H43BN2O2/c1-56(2)57(3)53-30-18-17-29-48(53)55-35-50(39-21-9-5-10-22-39)52(37-60-55)47-28-16-14-26-45(47)42-31-41(32-43(33-42)58(61-56)62-57)44-25-13-15-27-46(44)51-36-59-54(40-23-11-6-12-24-40)34-49(51)38-19-7-4-8-20-38/h4-37H,1-3H3. The van der Waals surface area contributed by atoms with E-state index in [1.54, 1.807) is 0 Å². The van der Waals surface area contributed by atoms with E-state index in [1.807, 2.05) is 12.3 Å². The van der Waals surface area contributed by atoms with Crippen LogP contribution in [0.25, 0.3) is 89.3 Å². The third-order valence-corrected chi connectivity index (χ3v) is 12.9. The molecule has 4 nitrogen and oxygen atoms in total. The van der Waals surface area contributed by atoms with Gasteiger partial charge >= 0.3 is 7.12 Å². The fraction of sp³-hybridized carbons (Fsp3) is 0.0877. The van der Waals surface area contributed by atoms with Crippen molar-refractivity contribution in [2.24, 2.45) is 0 Å². The first-order chi connectivity index (χ1) is 30.3. The normalized spacial score (nSPS) is 16.0. The van der Waals surface area contributed by atoms with Gasteiger partial charge in [-0.2, -0.15) is 0 Å². The Labute approximate surface area is 363 Å². The molecule has 1 fully saturated rings. The molecule has 0 amide bonds. The molecular formula is C57H43BN2O2.